The number of fused-ring (bicyclic) bond motifs is 1. The molecule has 1 heterocycles. The molecule has 0 amide bonds. The Balaban J connectivity index is 2.56. The number of nitrogens with zero attached hydrogens (tertiary/aromatic N) is 1. The summed E-state index contributed by atoms with van der Waals surface area (Å²) in [6.07, 6.45) is 3.93. The first-order valence-corrected chi connectivity index (χ1v) is 6.57. The summed E-state index contributed by atoms with van der Waals surface area (Å²) in [7, 11) is 0. The van der Waals surface area contributed by atoms with Crippen molar-refractivity contribution in [3.63, 3.8) is 0 Å². The van der Waals surface area contributed by atoms with Crippen LogP contribution in [0.1, 0.15) is 23.1 Å². The van der Waals surface area contributed by atoms with Crippen LogP contribution in [0.2, 0.25) is 0 Å². The quantitative estimate of drug-likeness (QED) is 0.849. The van der Waals surface area contributed by atoms with Gasteiger partial charge in [0.05, 0.1) is 5.52 Å². The van der Waals surface area contributed by atoms with Gasteiger partial charge in [0.2, 0.25) is 0 Å². The molecule has 0 fully saturated rings. The van der Waals surface area contributed by atoms with Gasteiger partial charge in [-0.15, -0.1) is 0 Å². The van der Waals surface area contributed by atoms with Gasteiger partial charge >= 0.3 is 0 Å². The van der Waals surface area contributed by atoms with E-state index < -0.39 is 0 Å². The Morgan fingerprint density at radius 3 is 2.72 bits per heavy atom. The van der Waals surface area contributed by atoms with E-state index in [0.29, 0.717) is 6.54 Å². The van der Waals surface area contributed by atoms with Gasteiger partial charge in [-0.25, -0.2) is 0 Å². The van der Waals surface area contributed by atoms with E-state index in [0.717, 1.165) is 19.4 Å². The van der Waals surface area contributed by atoms with E-state index in [4.69, 9.17) is 10.8 Å². The lowest BCUT2D eigenvalue weighted by Crippen LogP contribution is -2.09. The number of hydrogen-bond acceptors (Lipinski definition) is 2. The molecular weight excluding hydrogens is 224 g/mol. The number of benzene rings is 1. The second-order valence-corrected chi connectivity index (χ2v) is 4.94. The van der Waals surface area contributed by atoms with Crippen LogP contribution < -0.4 is 5.73 Å². The van der Waals surface area contributed by atoms with Crippen molar-refractivity contribution in [1.29, 1.82) is 0 Å². The van der Waals surface area contributed by atoms with Crippen LogP contribution in [0.25, 0.3) is 10.9 Å². The predicted octanol–water partition coefficient (Wildman–Crippen LogP) is 2.14. The van der Waals surface area contributed by atoms with E-state index >= 15 is 0 Å². The molecule has 98 valence electrons. The van der Waals surface area contributed by atoms with Gasteiger partial charge in [-0.2, -0.15) is 0 Å². The lowest BCUT2D eigenvalue weighted by molar-refractivity contribution is 0.288. The van der Waals surface area contributed by atoms with Crippen LogP contribution in [0.5, 0.6) is 0 Å². The minimum absolute atomic E-state index is 0.244. The van der Waals surface area contributed by atoms with E-state index in [2.05, 4.69) is 36.7 Å². The zero-order chi connectivity index (χ0) is 13.1. The first-order chi connectivity index (χ1) is 8.67. The molecule has 2 aromatic rings. The fourth-order valence-corrected chi connectivity index (χ4v) is 2.69. The summed E-state index contributed by atoms with van der Waals surface area (Å²) in [6.45, 7) is 6.02. The molecule has 1 aromatic carbocycles. The molecule has 0 aliphatic rings. The highest BCUT2D eigenvalue weighted by Crippen LogP contribution is 2.27. The molecule has 0 saturated heterocycles. The van der Waals surface area contributed by atoms with Crippen molar-refractivity contribution in [3.8, 4) is 0 Å². The second-order valence-electron chi connectivity index (χ2n) is 4.94. The van der Waals surface area contributed by atoms with Crippen molar-refractivity contribution >= 4 is 10.9 Å². The summed E-state index contributed by atoms with van der Waals surface area (Å²) in [5.41, 5.74) is 10.9. The summed E-state index contributed by atoms with van der Waals surface area (Å²) in [5, 5.41) is 10.3. The number of aromatic nitrogens is 1. The van der Waals surface area contributed by atoms with Gasteiger partial charge in [-0.3, -0.25) is 0 Å². The van der Waals surface area contributed by atoms with Crippen LogP contribution in [-0.2, 0) is 13.0 Å². The van der Waals surface area contributed by atoms with E-state index in [9.17, 15) is 0 Å². The third-order valence-electron chi connectivity index (χ3n) is 3.36. The van der Waals surface area contributed by atoms with Gasteiger partial charge in [0.15, 0.2) is 0 Å². The Hall–Kier alpha value is -1.32. The van der Waals surface area contributed by atoms with Crippen molar-refractivity contribution in [2.24, 2.45) is 5.73 Å². The fourth-order valence-electron chi connectivity index (χ4n) is 2.69. The van der Waals surface area contributed by atoms with Crippen molar-refractivity contribution in [2.45, 2.75) is 33.2 Å². The summed E-state index contributed by atoms with van der Waals surface area (Å²) < 4.78 is 2.25. The molecule has 2 rings (SSSR count). The zero-order valence-electron chi connectivity index (χ0n) is 11.2. The third kappa shape index (κ3) is 2.42. The van der Waals surface area contributed by atoms with Crippen LogP contribution >= 0.6 is 0 Å². The summed E-state index contributed by atoms with van der Waals surface area (Å²) in [4.78, 5) is 0. The lowest BCUT2D eigenvalue weighted by atomic mass is 10.0. The molecule has 0 unspecified atom stereocenters. The van der Waals surface area contributed by atoms with Crippen molar-refractivity contribution in [2.75, 3.05) is 13.2 Å². The Morgan fingerprint density at radius 2 is 2.06 bits per heavy atom. The Labute approximate surface area is 108 Å². The largest absolute Gasteiger partial charge is 0.396 e. The van der Waals surface area contributed by atoms with Crippen LogP contribution in [0.3, 0.4) is 0 Å². The number of aliphatic hydroxyl groups excluding tert-OH is 1. The van der Waals surface area contributed by atoms with Gasteiger partial charge in [0.25, 0.3) is 0 Å². The highest BCUT2D eigenvalue weighted by Gasteiger charge is 2.10. The third-order valence-corrected chi connectivity index (χ3v) is 3.36. The second kappa shape index (κ2) is 5.55. The molecule has 0 bridgehead atoms. The minimum Gasteiger partial charge on any atom is -0.396 e. The van der Waals surface area contributed by atoms with E-state index in [1.54, 1.807) is 0 Å². The fraction of sp³-hybridized carbons (Fsp3) is 0.467. The topological polar surface area (TPSA) is 51.2 Å². The summed E-state index contributed by atoms with van der Waals surface area (Å²) in [6, 6.07) is 4.45. The molecule has 0 radical (unpaired) electrons. The van der Waals surface area contributed by atoms with Gasteiger partial charge in [0, 0.05) is 31.3 Å². The van der Waals surface area contributed by atoms with Crippen LogP contribution in [-0.4, -0.2) is 22.8 Å². The Bertz CT molecular complexity index is 543. The lowest BCUT2D eigenvalue weighted by Gasteiger charge is -2.06. The van der Waals surface area contributed by atoms with Gasteiger partial charge in [-0.05, 0) is 43.9 Å². The molecule has 3 nitrogen and oxygen atoms in total. The normalized spacial score (nSPS) is 11.3. The number of rotatable bonds is 5. The standard InChI is InChI=1S/C15H22N2O/c1-11-8-12(2)15-14(9-11)13(4-3-7-18)10-17(15)6-5-16/h8-10,18H,3-7,16H2,1-2H3. The molecule has 0 aliphatic heterocycles. The average molecular weight is 246 g/mol. The summed E-state index contributed by atoms with van der Waals surface area (Å²) >= 11 is 0. The maximum absolute atomic E-state index is 8.99. The van der Waals surface area contributed by atoms with Crippen molar-refractivity contribution in [3.05, 3.63) is 35.0 Å². The molecule has 3 heteroatoms. The van der Waals surface area contributed by atoms with Crippen LogP contribution in [0, 0.1) is 13.8 Å². The molecule has 3 N–H and O–H groups in total. The monoisotopic (exact) mass is 246 g/mol. The number of aryl methyl sites for hydroxylation is 3. The average Bonchev–Trinajstić information content (AvgIpc) is 2.65. The van der Waals surface area contributed by atoms with Gasteiger partial charge in [0.1, 0.15) is 0 Å². The number of nitrogens with two attached hydrogens (primary N) is 1. The maximum atomic E-state index is 8.99. The Morgan fingerprint density at radius 1 is 1.28 bits per heavy atom. The van der Waals surface area contributed by atoms with Crippen molar-refractivity contribution in [1.82, 2.24) is 4.57 Å². The van der Waals surface area contributed by atoms with Crippen molar-refractivity contribution < 1.29 is 5.11 Å². The van der Waals surface area contributed by atoms with E-state index in [1.165, 1.54) is 27.6 Å². The van der Waals surface area contributed by atoms with Gasteiger partial charge in [-0.1, -0.05) is 11.6 Å². The van der Waals surface area contributed by atoms with Crippen LogP contribution in [0.4, 0.5) is 0 Å². The smallest absolute Gasteiger partial charge is 0.0513 e. The molecule has 0 spiro atoms. The highest BCUT2D eigenvalue weighted by molar-refractivity contribution is 5.87. The molecule has 0 atom stereocenters. The first kappa shape index (κ1) is 13.1. The molecular formula is C15H22N2O. The minimum atomic E-state index is 0.244. The van der Waals surface area contributed by atoms with Gasteiger partial charge < -0.3 is 15.4 Å². The van der Waals surface area contributed by atoms with E-state index in [-0.39, 0.29) is 6.61 Å². The first-order valence-electron chi connectivity index (χ1n) is 6.57. The number of aliphatic hydroxyl groups is 1. The molecule has 1 aromatic heterocycles. The molecule has 18 heavy (non-hydrogen) atoms. The highest BCUT2D eigenvalue weighted by atomic mass is 16.2. The van der Waals surface area contributed by atoms with E-state index in [1.807, 2.05) is 0 Å². The molecule has 0 saturated carbocycles. The SMILES string of the molecule is Cc1cc(C)c2c(c1)c(CCCO)cn2CCN. The predicted molar refractivity (Wildman–Crippen MR) is 75.9 cm³/mol. The maximum Gasteiger partial charge on any atom is 0.0513 e. The zero-order valence-corrected chi connectivity index (χ0v) is 11.2. The van der Waals surface area contributed by atoms with Crippen LogP contribution in [0.15, 0.2) is 18.3 Å². The molecule has 0 aliphatic carbocycles. The Kier molecular flexibility index (Phi) is 4.04. The number of hydrogen-bond donors (Lipinski definition) is 2. The summed E-state index contributed by atoms with van der Waals surface area (Å²) in [5.74, 6) is 0.